The molecule has 0 fully saturated rings. The molecule has 36 heavy (non-hydrogen) atoms. The lowest BCUT2D eigenvalue weighted by molar-refractivity contribution is -0.141. The van der Waals surface area contributed by atoms with Crippen LogP contribution in [0.1, 0.15) is 5.69 Å². The Kier molecular flexibility index (Phi) is 7.58. The smallest absolute Gasteiger partial charge is 0.345 e. The summed E-state index contributed by atoms with van der Waals surface area (Å²) in [6, 6.07) is 38.6. The highest BCUT2D eigenvalue weighted by Crippen LogP contribution is 2.55. The quantitative estimate of drug-likeness (QED) is 0.170. The first kappa shape index (κ1) is 24.4. The van der Waals surface area contributed by atoms with Crippen LogP contribution >= 0.6 is 30.2 Å². The van der Waals surface area contributed by atoms with Gasteiger partial charge in [0.1, 0.15) is 34.8 Å². The van der Waals surface area contributed by atoms with Gasteiger partial charge in [0.2, 0.25) is 0 Å². The van der Waals surface area contributed by atoms with Crippen molar-refractivity contribution in [3.63, 3.8) is 0 Å². The van der Waals surface area contributed by atoms with Gasteiger partial charge >= 0.3 is 5.97 Å². The topological polar surface area (TPSA) is 39.2 Å². The van der Waals surface area contributed by atoms with E-state index in [1.54, 1.807) is 0 Å². The molecule has 3 nitrogen and oxygen atoms in total. The van der Waals surface area contributed by atoms with Gasteiger partial charge in [0.15, 0.2) is 6.16 Å². The lowest BCUT2D eigenvalue weighted by Gasteiger charge is -2.26. The second-order valence-corrected chi connectivity index (χ2v) is 13.1. The molecule has 1 heterocycles. The standard InChI is InChI=1S/C30H24ClNO2PS/c31-24-18-16-23(17-19-24)30-32-25(22-36-30)20-34-29(33)21-35(26-10-4-1-5-11-26,27-12-6-2-7-13-27)28-14-8-3-9-15-28/h1-19,22H,20-21H2/q+1. The van der Waals surface area contributed by atoms with Crippen LogP contribution in [-0.4, -0.2) is 17.1 Å². The number of aromatic nitrogens is 1. The fourth-order valence-electron chi connectivity index (χ4n) is 4.26. The number of rotatable bonds is 8. The first-order valence-corrected chi connectivity index (χ1v) is 14.8. The minimum atomic E-state index is -2.28. The zero-order valence-electron chi connectivity index (χ0n) is 19.5. The molecular weight excluding hydrogens is 505 g/mol. The summed E-state index contributed by atoms with van der Waals surface area (Å²) in [5.41, 5.74) is 1.73. The van der Waals surface area contributed by atoms with Crippen molar-refractivity contribution < 1.29 is 9.53 Å². The number of carbonyl (C=O) groups excluding carboxylic acids is 1. The summed E-state index contributed by atoms with van der Waals surface area (Å²) < 4.78 is 5.83. The minimum absolute atomic E-state index is 0.140. The van der Waals surface area contributed by atoms with Gasteiger partial charge in [-0.3, -0.25) is 0 Å². The number of nitrogens with zero attached hydrogens (tertiary/aromatic N) is 1. The van der Waals surface area contributed by atoms with Crippen LogP contribution in [0.4, 0.5) is 0 Å². The average Bonchev–Trinajstić information content (AvgIpc) is 3.42. The maximum Gasteiger partial charge on any atom is 0.345 e. The van der Waals surface area contributed by atoms with E-state index in [1.165, 1.54) is 11.3 Å². The van der Waals surface area contributed by atoms with Crippen LogP contribution in [0.2, 0.25) is 5.02 Å². The average molecular weight is 529 g/mol. The van der Waals surface area contributed by atoms with E-state index in [-0.39, 0.29) is 18.7 Å². The molecule has 0 aliphatic carbocycles. The highest BCUT2D eigenvalue weighted by molar-refractivity contribution is 7.96. The number of halogens is 1. The third-order valence-corrected chi connectivity index (χ3v) is 11.4. The van der Waals surface area contributed by atoms with Gasteiger partial charge in [-0.2, -0.15) is 0 Å². The molecule has 178 valence electrons. The Morgan fingerprint density at radius 3 is 1.75 bits per heavy atom. The van der Waals surface area contributed by atoms with Gasteiger partial charge in [-0.1, -0.05) is 78.3 Å². The van der Waals surface area contributed by atoms with Gasteiger partial charge in [0.05, 0.1) is 5.69 Å². The normalized spacial score (nSPS) is 11.2. The van der Waals surface area contributed by atoms with E-state index >= 15 is 0 Å². The van der Waals surface area contributed by atoms with E-state index in [1.807, 2.05) is 84.2 Å². The van der Waals surface area contributed by atoms with Crippen LogP contribution in [0.3, 0.4) is 0 Å². The molecule has 0 unspecified atom stereocenters. The zero-order chi connectivity index (χ0) is 24.8. The molecule has 5 aromatic rings. The number of benzene rings is 4. The predicted molar refractivity (Wildman–Crippen MR) is 152 cm³/mol. The summed E-state index contributed by atoms with van der Waals surface area (Å²) in [7, 11) is -2.28. The zero-order valence-corrected chi connectivity index (χ0v) is 21.9. The fraction of sp³-hybridized carbons (Fsp3) is 0.0667. The number of ether oxygens (including phenoxy) is 1. The second-order valence-electron chi connectivity index (χ2n) is 8.29. The number of esters is 1. The van der Waals surface area contributed by atoms with Crippen molar-refractivity contribution >= 4 is 52.1 Å². The van der Waals surface area contributed by atoms with Crippen molar-refractivity contribution in [1.82, 2.24) is 4.98 Å². The van der Waals surface area contributed by atoms with Crippen molar-refractivity contribution in [1.29, 1.82) is 0 Å². The van der Waals surface area contributed by atoms with Gasteiger partial charge in [-0.15, -0.1) is 11.3 Å². The van der Waals surface area contributed by atoms with E-state index in [9.17, 15) is 4.79 Å². The Bertz CT molecular complexity index is 1330. The van der Waals surface area contributed by atoms with Gasteiger partial charge in [-0.05, 0) is 48.5 Å². The summed E-state index contributed by atoms with van der Waals surface area (Å²) in [5, 5.41) is 6.95. The first-order valence-electron chi connectivity index (χ1n) is 11.6. The molecule has 0 bridgehead atoms. The molecule has 0 saturated heterocycles. The number of hydrogen-bond acceptors (Lipinski definition) is 4. The second kappa shape index (κ2) is 11.2. The predicted octanol–water partition coefficient (Wildman–Crippen LogP) is 6.50. The summed E-state index contributed by atoms with van der Waals surface area (Å²) in [6.45, 7) is 0.140. The van der Waals surface area contributed by atoms with E-state index in [2.05, 4.69) is 41.4 Å². The van der Waals surface area contributed by atoms with E-state index in [0.717, 1.165) is 32.2 Å². The molecule has 0 aliphatic heterocycles. The molecule has 0 atom stereocenters. The number of carbonyl (C=O) groups is 1. The lowest BCUT2D eigenvalue weighted by Crippen LogP contribution is -2.36. The van der Waals surface area contributed by atoms with Gasteiger partial charge in [0, 0.05) is 16.0 Å². The maximum atomic E-state index is 13.4. The summed E-state index contributed by atoms with van der Waals surface area (Å²) in [5.74, 6) is -0.235. The van der Waals surface area contributed by atoms with Crippen LogP contribution in [0.5, 0.6) is 0 Å². The highest BCUT2D eigenvalue weighted by atomic mass is 35.5. The highest BCUT2D eigenvalue weighted by Gasteiger charge is 2.47. The molecule has 0 spiro atoms. The molecule has 5 rings (SSSR count). The summed E-state index contributed by atoms with van der Waals surface area (Å²) >= 11 is 7.53. The molecule has 0 N–H and O–H groups in total. The van der Waals surface area contributed by atoms with Crippen molar-refractivity contribution in [3.8, 4) is 10.6 Å². The largest absolute Gasteiger partial charge is 0.456 e. The van der Waals surface area contributed by atoms with E-state index < -0.39 is 7.26 Å². The molecule has 6 heteroatoms. The first-order chi connectivity index (χ1) is 17.6. The van der Waals surface area contributed by atoms with Crippen LogP contribution in [-0.2, 0) is 16.1 Å². The third-order valence-electron chi connectivity index (χ3n) is 5.98. The minimum Gasteiger partial charge on any atom is -0.456 e. The van der Waals surface area contributed by atoms with Crippen LogP contribution < -0.4 is 15.9 Å². The SMILES string of the molecule is O=C(C[P+](c1ccccc1)(c1ccccc1)c1ccccc1)OCc1csc(-c2ccc(Cl)cc2)n1. The van der Waals surface area contributed by atoms with Gasteiger partial charge in [-0.25, -0.2) is 9.78 Å². The molecule has 0 saturated carbocycles. The Morgan fingerprint density at radius 1 is 0.750 bits per heavy atom. The van der Waals surface area contributed by atoms with Gasteiger partial charge in [0.25, 0.3) is 0 Å². The lowest BCUT2D eigenvalue weighted by atomic mass is 10.2. The molecular formula is C30H24ClNO2PS+. The van der Waals surface area contributed by atoms with E-state index in [4.69, 9.17) is 16.3 Å². The van der Waals surface area contributed by atoms with Gasteiger partial charge < -0.3 is 4.74 Å². The van der Waals surface area contributed by atoms with Crippen molar-refractivity contribution in [2.75, 3.05) is 6.16 Å². The Hall–Kier alpha value is -3.30. The number of thiazole rings is 1. The van der Waals surface area contributed by atoms with E-state index in [0.29, 0.717) is 5.02 Å². The molecule has 4 aromatic carbocycles. The molecule has 0 aliphatic rings. The Morgan fingerprint density at radius 2 is 1.25 bits per heavy atom. The van der Waals surface area contributed by atoms with Crippen molar-refractivity contribution in [3.05, 3.63) is 131 Å². The molecule has 0 amide bonds. The summed E-state index contributed by atoms with van der Waals surface area (Å²) in [6.07, 6.45) is 0.277. The van der Waals surface area contributed by atoms with Crippen LogP contribution in [0.25, 0.3) is 10.6 Å². The third kappa shape index (κ3) is 5.27. The van der Waals surface area contributed by atoms with Crippen LogP contribution in [0.15, 0.2) is 121 Å². The van der Waals surface area contributed by atoms with Crippen molar-refractivity contribution in [2.45, 2.75) is 6.61 Å². The fourth-order valence-corrected chi connectivity index (χ4v) is 9.16. The Labute approximate surface area is 220 Å². The Balaban J connectivity index is 1.43. The van der Waals surface area contributed by atoms with Crippen LogP contribution in [0, 0.1) is 0 Å². The number of hydrogen-bond donors (Lipinski definition) is 0. The maximum absolute atomic E-state index is 13.4. The monoisotopic (exact) mass is 528 g/mol. The summed E-state index contributed by atoms with van der Waals surface area (Å²) in [4.78, 5) is 18.1. The van der Waals surface area contributed by atoms with Crippen molar-refractivity contribution in [2.24, 2.45) is 0 Å². The molecule has 1 aromatic heterocycles. The molecule has 0 radical (unpaired) electrons.